The van der Waals surface area contributed by atoms with E-state index < -0.39 is 14.3 Å². The van der Waals surface area contributed by atoms with Gasteiger partial charge < -0.3 is 17.2 Å². The number of nitrogens with two attached hydrogens (primary N) is 3. The molecule has 10 heteroatoms. The lowest BCUT2D eigenvalue weighted by molar-refractivity contribution is 0.371. The van der Waals surface area contributed by atoms with Gasteiger partial charge in [-0.15, -0.1) is 37.2 Å². The maximum Gasteiger partial charge on any atom is 0.198 e. The van der Waals surface area contributed by atoms with Gasteiger partial charge in [0.25, 0.3) is 0 Å². The second kappa shape index (κ2) is 11.2. The molecule has 0 fully saturated rings. The fourth-order valence-electron chi connectivity index (χ4n) is 0.659. The summed E-state index contributed by atoms with van der Waals surface area (Å²) in [5, 5.41) is 0. The van der Waals surface area contributed by atoms with Crippen LogP contribution in [-0.4, -0.2) is 40.1 Å². The summed E-state index contributed by atoms with van der Waals surface area (Å²) in [6.07, 6.45) is 1.16. The third-order valence-electron chi connectivity index (χ3n) is 1.88. The third-order valence-corrected chi connectivity index (χ3v) is 4.67. The summed E-state index contributed by atoms with van der Waals surface area (Å²) in [7, 11) is -2.19. The molecule has 0 unspecified atom stereocenters. The normalized spacial score (nSPS) is 10.8. The highest BCUT2D eigenvalue weighted by molar-refractivity contribution is 8.71. The SMILES string of the molecule is CS(=O)(=O)SCC(CN)(CN)CN.Cl.Cl.Cl. The Labute approximate surface area is 119 Å². The van der Waals surface area contributed by atoms with E-state index >= 15 is 0 Å². The molecular weight excluding hydrogens is 317 g/mol. The van der Waals surface area contributed by atoms with Crippen molar-refractivity contribution in [3.05, 3.63) is 0 Å². The maximum absolute atomic E-state index is 10.9. The molecular formula is C6H20Cl3N3O2S2. The highest BCUT2D eigenvalue weighted by atomic mass is 35.5. The Morgan fingerprint density at radius 3 is 1.50 bits per heavy atom. The van der Waals surface area contributed by atoms with Crippen LogP contribution >= 0.6 is 48.0 Å². The molecule has 0 aliphatic rings. The molecule has 0 saturated heterocycles. The third kappa shape index (κ3) is 10.2. The lowest BCUT2D eigenvalue weighted by Crippen LogP contribution is -2.46. The number of halogens is 3. The van der Waals surface area contributed by atoms with Gasteiger partial charge in [-0.2, -0.15) is 0 Å². The molecule has 0 amide bonds. The lowest BCUT2D eigenvalue weighted by Gasteiger charge is -2.28. The van der Waals surface area contributed by atoms with Gasteiger partial charge in [0.2, 0.25) is 0 Å². The van der Waals surface area contributed by atoms with E-state index in [-0.39, 0.29) is 37.2 Å². The smallest absolute Gasteiger partial charge is 0.198 e. The molecule has 0 spiro atoms. The Morgan fingerprint density at radius 1 is 1.00 bits per heavy atom. The van der Waals surface area contributed by atoms with Crippen LogP contribution in [0, 0.1) is 5.41 Å². The molecule has 0 saturated carbocycles. The Kier molecular flexibility index (Phi) is 18.0. The highest BCUT2D eigenvalue weighted by Crippen LogP contribution is 2.22. The largest absolute Gasteiger partial charge is 0.330 e. The number of hydrogen-bond acceptors (Lipinski definition) is 6. The monoisotopic (exact) mass is 335 g/mol. The molecule has 0 radical (unpaired) electrons. The summed E-state index contributed by atoms with van der Waals surface area (Å²) in [6.45, 7) is 0.924. The minimum atomic E-state index is -3.04. The molecule has 5 nitrogen and oxygen atoms in total. The average molecular weight is 337 g/mol. The van der Waals surface area contributed by atoms with Crippen molar-refractivity contribution in [3.8, 4) is 0 Å². The summed E-state index contributed by atoms with van der Waals surface area (Å²) in [4.78, 5) is 0. The second-order valence-corrected chi connectivity index (χ2v) is 7.53. The van der Waals surface area contributed by atoms with Gasteiger partial charge in [0, 0.05) is 37.1 Å². The highest BCUT2D eigenvalue weighted by Gasteiger charge is 2.27. The fraction of sp³-hybridized carbons (Fsp3) is 1.00. The first-order chi connectivity index (χ1) is 5.89. The van der Waals surface area contributed by atoms with Crippen LogP contribution in [0.5, 0.6) is 0 Å². The van der Waals surface area contributed by atoms with E-state index in [4.69, 9.17) is 17.2 Å². The molecule has 0 aromatic heterocycles. The predicted molar refractivity (Wildman–Crippen MR) is 78.6 cm³/mol. The van der Waals surface area contributed by atoms with Crippen molar-refractivity contribution in [3.63, 3.8) is 0 Å². The summed E-state index contributed by atoms with van der Waals surface area (Å²) in [5.41, 5.74) is 16.0. The van der Waals surface area contributed by atoms with Crippen LogP contribution in [-0.2, 0) is 8.87 Å². The van der Waals surface area contributed by atoms with Gasteiger partial charge in [-0.1, -0.05) is 0 Å². The zero-order valence-electron chi connectivity index (χ0n) is 8.92. The maximum atomic E-state index is 10.9. The van der Waals surface area contributed by atoms with Crippen molar-refractivity contribution in [2.75, 3.05) is 31.6 Å². The van der Waals surface area contributed by atoms with Crippen LogP contribution in [0.4, 0.5) is 0 Å². The first-order valence-electron chi connectivity index (χ1n) is 3.84. The summed E-state index contributed by atoms with van der Waals surface area (Å²) < 4.78 is 21.7. The molecule has 0 rings (SSSR count). The molecule has 0 heterocycles. The fourth-order valence-corrected chi connectivity index (χ4v) is 2.87. The first kappa shape index (κ1) is 25.8. The quantitative estimate of drug-likeness (QED) is 0.579. The standard InChI is InChI=1S/C6H17N3O2S2.3ClH/c1-13(10,11)12-5-6(2-7,3-8)4-9;;;/h2-5,7-9H2,1H3;3*1H. The van der Waals surface area contributed by atoms with Crippen LogP contribution in [0.25, 0.3) is 0 Å². The van der Waals surface area contributed by atoms with Gasteiger partial charge in [-0.3, -0.25) is 0 Å². The van der Waals surface area contributed by atoms with E-state index in [1.54, 1.807) is 0 Å². The molecule has 0 aliphatic heterocycles. The van der Waals surface area contributed by atoms with Crippen molar-refractivity contribution in [2.45, 2.75) is 0 Å². The van der Waals surface area contributed by atoms with Crippen molar-refractivity contribution in [2.24, 2.45) is 22.6 Å². The lowest BCUT2D eigenvalue weighted by atomic mass is 9.91. The predicted octanol–water partition coefficient (Wildman–Crippen LogP) is -0.193. The van der Waals surface area contributed by atoms with Crippen LogP contribution in [0.2, 0.25) is 0 Å². The summed E-state index contributed by atoms with van der Waals surface area (Å²) in [5.74, 6) is 0.356. The van der Waals surface area contributed by atoms with Crippen molar-refractivity contribution < 1.29 is 8.42 Å². The van der Waals surface area contributed by atoms with Crippen LogP contribution < -0.4 is 17.2 Å². The molecule has 0 bridgehead atoms. The van der Waals surface area contributed by atoms with Gasteiger partial charge in [-0.05, 0) is 10.8 Å². The van der Waals surface area contributed by atoms with Crippen molar-refractivity contribution >= 4 is 56.9 Å². The molecule has 6 N–H and O–H groups in total. The van der Waals surface area contributed by atoms with Gasteiger partial charge in [-0.25, -0.2) is 8.42 Å². The van der Waals surface area contributed by atoms with Crippen molar-refractivity contribution in [1.82, 2.24) is 0 Å². The Bertz CT molecular complexity index is 239. The molecule has 0 atom stereocenters. The minimum absolute atomic E-state index is 0. The number of rotatable bonds is 6. The van der Waals surface area contributed by atoms with E-state index in [9.17, 15) is 8.42 Å². The van der Waals surface area contributed by atoms with Crippen LogP contribution in [0.1, 0.15) is 0 Å². The van der Waals surface area contributed by atoms with E-state index in [0.717, 1.165) is 17.0 Å². The van der Waals surface area contributed by atoms with E-state index in [1.165, 1.54) is 0 Å². The van der Waals surface area contributed by atoms with Gasteiger partial charge in [0.1, 0.15) is 0 Å². The molecule has 0 aliphatic carbocycles. The topological polar surface area (TPSA) is 112 Å². The van der Waals surface area contributed by atoms with Crippen LogP contribution in [0.15, 0.2) is 0 Å². The zero-order valence-corrected chi connectivity index (χ0v) is 13.0. The van der Waals surface area contributed by atoms with E-state index in [1.807, 2.05) is 0 Å². The minimum Gasteiger partial charge on any atom is -0.330 e. The first-order valence-corrected chi connectivity index (χ1v) is 7.23. The van der Waals surface area contributed by atoms with Gasteiger partial charge in [0.15, 0.2) is 8.87 Å². The average Bonchev–Trinajstić information content (AvgIpc) is 2.06. The van der Waals surface area contributed by atoms with E-state index in [2.05, 4.69) is 0 Å². The Balaban J connectivity index is -0.000000240. The second-order valence-electron chi connectivity index (χ2n) is 3.08. The summed E-state index contributed by atoms with van der Waals surface area (Å²) >= 11 is 0. The molecule has 0 aromatic rings. The summed E-state index contributed by atoms with van der Waals surface area (Å²) in [6, 6.07) is 0. The Hall–Kier alpha value is 1.05. The Morgan fingerprint density at radius 2 is 1.31 bits per heavy atom. The number of hydrogen-bond donors (Lipinski definition) is 3. The molecule has 16 heavy (non-hydrogen) atoms. The van der Waals surface area contributed by atoms with Crippen molar-refractivity contribution in [1.29, 1.82) is 0 Å². The molecule has 0 aromatic carbocycles. The van der Waals surface area contributed by atoms with Gasteiger partial charge in [0.05, 0.1) is 0 Å². The zero-order chi connectivity index (χ0) is 10.5. The van der Waals surface area contributed by atoms with E-state index in [0.29, 0.717) is 25.4 Å². The molecule has 104 valence electrons. The van der Waals surface area contributed by atoms with Crippen LogP contribution in [0.3, 0.4) is 0 Å². The van der Waals surface area contributed by atoms with Gasteiger partial charge >= 0.3 is 0 Å².